The van der Waals surface area contributed by atoms with Gasteiger partial charge in [0.15, 0.2) is 0 Å². The minimum atomic E-state index is -4.61. The Balaban J connectivity index is 2.54. The highest BCUT2D eigenvalue weighted by molar-refractivity contribution is 5.80. The van der Waals surface area contributed by atoms with Gasteiger partial charge in [-0.3, -0.25) is 4.79 Å². The summed E-state index contributed by atoms with van der Waals surface area (Å²) < 4.78 is 36.4. The van der Waals surface area contributed by atoms with E-state index in [4.69, 9.17) is 5.11 Å². The second-order valence-corrected chi connectivity index (χ2v) is 4.13. The predicted octanol–water partition coefficient (Wildman–Crippen LogP) is 1.05. The Bertz CT molecular complexity index is 319. The van der Waals surface area contributed by atoms with Crippen molar-refractivity contribution in [2.75, 3.05) is 13.1 Å². The molecular formula is C9H13F3N2O3. The van der Waals surface area contributed by atoms with Gasteiger partial charge in [0, 0.05) is 6.04 Å². The number of alkyl halides is 3. The molecule has 0 aliphatic heterocycles. The van der Waals surface area contributed by atoms with Crippen LogP contribution in [0.5, 0.6) is 0 Å². The minimum Gasteiger partial charge on any atom is -0.480 e. The molecule has 2 unspecified atom stereocenters. The Kier molecular flexibility index (Phi) is 3.84. The van der Waals surface area contributed by atoms with Crippen LogP contribution in [0.1, 0.15) is 13.3 Å². The van der Waals surface area contributed by atoms with E-state index in [0.717, 1.165) is 0 Å². The molecule has 2 amide bonds. The van der Waals surface area contributed by atoms with E-state index in [1.165, 1.54) is 0 Å². The topological polar surface area (TPSA) is 69.6 Å². The zero-order chi connectivity index (χ0) is 13.2. The lowest BCUT2D eigenvalue weighted by Crippen LogP contribution is -2.47. The molecule has 1 aliphatic carbocycles. The molecule has 0 heterocycles. The molecule has 1 aliphatic rings. The molecule has 1 fully saturated rings. The lowest BCUT2D eigenvalue weighted by atomic mass is 10.4. The van der Waals surface area contributed by atoms with E-state index in [1.807, 2.05) is 6.92 Å². The summed E-state index contributed by atoms with van der Waals surface area (Å²) in [5.41, 5.74) is 0. The monoisotopic (exact) mass is 254 g/mol. The fourth-order valence-corrected chi connectivity index (χ4v) is 1.35. The molecule has 0 aromatic rings. The Morgan fingerprint density at radius 3 is 2.35 bits per heavy atom. The van der Waals surface area contributed by atoms with Crippen LogP contribution >= 0.6 is 0 Å². The van der Waals surface area contributed by atoms with Gasteiger partial charge in [-0.25, -0.2) is 4.79 Å². The zero-order valence-corrected chi connectivity index (χ0v) is 9.12. The molecular weight excluding hydrogens is 241 g/mol. The average molecular weight is 254 g/mol. The number of rotatable bonds is 4. The molecule has 98 valence electrons. The Morgan fingerprint density at radius 1 is 1.47 bits per heavy atom. The van der Waals surface area contributed by atoms with Crippen molar-refractivity contribution < 1.29 is 27.9 Å². The average Bonchev–Trinajstić information content (AvgIpc) is 2.77. The summed E-state index contributed by atoms with van der Waals surface area (Å²) in [5, 5.41) is 10.8. The fraction of sp³-hybridized carbons (Fsp3) is 0.778. The highest BCUT2D eigenvalue weighted by atomic mass is 19.4. The highest BCUT2D eigenvalue weighted by Gasteiger charge is 2.38. The van der Waals surface area contributed by atoms with Crippen molar-refractivity contribution in [1.29, 1.82) is 0 Å². The summed E-state index contributed by atoms with van der Waals surface area (Å²) in [6.45, 7) is -0.686. The minimum absolute atomic E-state index is 0.146. The molecule has 2 atom stereocenters. The summed E-state index contributed by atoms with van der Waals surface area (Å²) >= 11 is 0. The molecule has 0 aromatic carbocycles. The summed E-state index contributed by atoms with van der Waals surface area (Å²) in [6, 6.07) is -1.13. The lowest BCUT2D eigenvalue weighted by Gasteiger charge is -2.22. The number of carboxylic acids is 1. The molecule has 17 heavy (non-hydrogen) atoms. The van der Waals surface area contributed by atoms with Gasteiger partial charge in [-0.2, -0.15) is 13.2 Å². The molecule has 8 heteroatoms. The second kappa shape index (κ2) is 4.80. The van der Waals surface area contributed by atoms with Crippen molar-refractivity contribution in [1.82, 2.24) is 10.2 Å². The van der Waals surface area contributed by atoms with Gasteiger partial charge in [0.2, 0.25) is 0 Å². The van der Waals surface area contributed by atoms with E-state index in [9.17, 15) is 22.8 Å². The predicted molar refractivity (Wildman–Crippen MR) is 51.4 cm³/mol. The molecule has 0 aromatic heterocycles. The first-order valence-electron chi connectivity index (χ1n) is 5.03. The van der Waals surface area contributed by atoms with E-state index in [0.29, 0.717) is 6.42 Å². The van der Waals surface area contributed by atoms with E-state index >= 15 is 0 Å². The summed E-state index contributed by atoms with van der Waals surface area (Å²) in [6.07, 6.45) is -3.90. The normalized spacial score (nSPS) is 23.1. The standard InChI is InChI=1S/C9H13F3N2O3/c1-5-2-6(5)13-8(17)14(3-7(15)16)4-9(10,11)12/h5-6H,2-4H2,1H3,(H,13,17)(H,15,16). The van der Waals surface area contributed by atoms with Gasteiger partial charge in [-0.1, -0.05) is 6.92 Å². The van der Waals surface area contributed by atoms with Crippen LogP contribution in [-0.4, -0.2) is 47.3 Å². The van der Waals surface area contributed by atoms with Gasteiger partial charge in [-0.05, 0) is 12.3 Å². The van der Waals surface area contributed by atoms with Crippen LogP contribution in [0.15, 0.2) is 0 Å². The largest absolute Gasteiger partial charge is 0.480 e. The number of nitrogens with zero attached hydrogens (tertiary/aromatic N) is 1. The van der Waals surface area contributed by atoms with Crippen molar-refractivity contribution in [2.24, 2.45) is 5.92 Å². The Labute approximate surface area is 95.6 Å². The number of aliphatic carboxylic acids is 1. The van der Waals surface area contributed by atoms with Gasteiger partial charge in [0.05, 0.1) is 0 Å². The fourth-order valence-electron chi connectivity index (χ4n) is 1.35. The third-order valence-corrected chi connectivity index (χ3v) is 2.40. The molecule has 0 radical (unpaired) electrons. The second-order valence-electron chi connectivity index (χ2n) is 4.13. The summed E-state index contributed by atoms with van der Waals surface area (Å²) in [7, 11) is 0. The van der Waals surface area contributed by atoms with Crippen LogP contribution in [0, 0.1) is 5.92 Å². The van der Waals surface area contributed by atoms with Crippen LogP contribution in [0.4, 0.5) is 18.0 Å². The molecule has 0 spiro atoms. The maximum atomic E-state index is 12.1. The van der Waals surface area contributed by atoms with Gasteiger partial charge < -0.3 is 15.3 Å². The van der Waals surface area contributed by atoms with Crippen LogP contribution < -0.4 is 5.32 Å². The molecule has 5 nitrogen and oxygen atoms in total. The lowest BCUT2D eigenvalue weighted by molar-refractivity contribution is -0.149. The molecule has 0 bridgehead atoms. The van der Waals surface area contributed by atoms with E-state index in [-0.39, 0.29) is 16.9 Å². The number of amides is 2. The van der Waals surface area contributed by atoms with Crippen molar-refractivity contribution in [3.05, 3.63) is 0 Å². The maximum absolute atomic E-state index is 12.1. The smallest absolute Gasteiger partial charge is 0.406 e. The van der Waals surface area contributed by atoms with Crippen LogP contribution in [0.25, 0.3) is 0 Å². The first-order valence-corrected chi connectivity index (χ1v) is 5.03. The maximum Gasteiger partial charge on any atom is 0.406 e. The van der Waals surface area contributed by atoms with Gasteiger partial charge in [-0.15, -0.1) is 0 Å². The number of carbonyl (C=O) groups is 2. The first kappa shape index (κ1) is 13.6. The van der Waals surface area contributed by atoms with Gasteiger partial charge in [0.1, 0.15) is 13.1 Å². The van der Waals surface area contributed by atoms with Gasteiger partial charge in [0.25, 0.3) is 0 Å². The third-order valence-electron chi connectivity index (χ3n) is 2.40. The van der Waals surface area contributed by atoms with Crippen molar-refractivity contribution in [3.8, 4) is 0 Å². The van der Waals surface area contributed by atoms with E-state index in [2.05, 4.69) is 5.32 Å². The number of carboxylic acid groups (broad SMARTS) is 1. The number of hydrogen-bond acceptors (Lipinski definition) is 2. The van der Waals surface area contributed by atoms with Gasteiger partial charge >= 0.3 is 18.2 Å². The zero-order valence-electron chi connectivity index (χ0n) is 9.12. The molecule has 1 saturated carbocycles. The van der Waals surface area contributed by atoms with Crippen LogP contribution in [0.3, 0.4) is 0 Å². The summed E-state index contributed by atoms with van der Waals surface area (Å²) in [5.74, 6) is -1.25. The molecule has 0 saturated heterocycles. The van der Waals surface area contributed by atoms with Crippen molar-refractivity contribution >= 4 is 12.0 Å². The van der Waals surface area contributed by atoms with Crippen LogP contribution in [-0.2, 0) is 4.79 Å². The number of urea groups is 1. The highest BCUT2D eigenvalue weighted by Crippen LogP contribution is 2.29. The number of halogens is 3. The Hall–Kier alpha value is -1.47. The SMILES string of the molecule is CC1CC1NC(=O)N(CC(=O)O)CC(F)(F)F. The van der Waals surface area contributed by atoms with Crippen molar-refractivity contribution in [3.63, 3.8) is 0 Å². The summed E-state index contributed by atoms with van der Waals surface area (Å²) in [4.78, 5) is 22.0. The number of nitrogens with one attached hydrogen (secondary N) is 1. The number of carbonyl (C=O) groups excluding carboxylic acids is 1. The number of hydrogen-bond donors (Lipinski definition) is 2. The quantitative estimate of drug-likeness (QED) is 0.788. The molecule has 2 N–H and O–H groups in total. The van der Waals surface area contributed by atoms with E-state index < -0.39 is 31.3 Å². The van der Waals surface area contributed by atoms with Crippen LogP contribution in [0.2, 0.25) is 0 Å². The molecule has 1 rings (SSSR count). The van der Waals surface area contributed by atoms with Crippen molar-refractivity contribution in [2.45, 2.75) is 25.6 Å². The third kappa shape index (κ3) is 4.92. The Morgan fingerprint density at radius 2 is 2.00 bits per heavy atom. The van der Waals surface area contributed by atoms with E-state index in [1.54, 1.807) is 0 Å². The first-order chi connectivity index (χ1) is 7.69.